The predicted octanol–water partition coefficient (Wildman–Crippen LogP) is 0.608. The quantitative estimate of drug-likeness (QED) is 0.678. The topological polar surface area (TPSA) is 51.4 Å². The van der Waals surface area contributed by atoms with E-state index in [2.05, 4.69) is 15.6 Å². The van der Waals surface area contributed by atoms with Gasteiger partial charge in [0.25, 0.3) is 0 Å². The van der Waals surface area contributed by atoms with E-state index in [0.717, 1.165) is 24.6 Å². The summed E-state index contributed by atoms with van der Waals surface area (Å²) in [5.41, 5.74) is 4.00. The van der Waals surface area contributed by atoms with Crippen molar-refractivity contribution in [2.24, 2.45) is 12.1 Å². The second-order valence-corrected chi connectivity index (χ2v) is 2.93. The zero-order valence-electron chi connectivity index (χ0n) is 7.53. The zero-order chi connectivity index (χ0) is 9.10. The van der Waals surface area contributed by atoms with E-state index in [-0.39, 0.29) is 0 Å². The lowest BCUT2D eigenvalue weighted by Gasteiger charge is -2.00. The molecule has 70 valence electrons. The Morgan fingerprint density at radius 1 is 1.69 bits per heavy atom. The Morgan fingerprint density at radius 2 is 2.62 bits per heavy atom. The lowest BCUT2D eigenvalue weighted by Crippen LogP contribution is -2.04. The van der Waals surface area contributed by atoms with E-state index < -0.39 is 0 Å². The van der Waals surface area contributed by atoms with Crippen LogP contribution in [0.4, 0.5) is 5.82 Å². The van der Waals surface area contributed by atoms with Gasteiger partial charge in [-0.05, 0) is 0 Å². The molecular formula is C8H12N4O. The van der Waals surface area contributed by atoms with Crippen LogP contribution in [0.25, 0.3) is 0 Å². The second-order valence-electron chi connectivity index (χ2n) is 2.93. The first-order chi connectivity index (χ1) is 6.36. The number of rotatable bonds is 2. The van der Waals surface area contributed by atoms with Crippen molar-refractivity contribution in [3.8, 4) is 0 Å². The number of ether oxygens (including phenoxy) is 1. The first-order valence-corrected chi connectivity index (χ1v) is 4.23. The average molecular weight is 180 g/mol. The second kappa shape index (κ2) is 3.57. The van der Waals surface area contributed by atoms with Crippen LogP contribution in [0.3, 0.4) is 0 Å². The fourth-order valence-electron chi connectivity index (χ4n) is 1.16. The lowest BCUT2D eigenvalue weighted by molar-refractivity contribution is 0.209. The van der Waals surface area contributed by atoms with E-state index in [9.17, 15) is 0 Å². The molecule has 1 aliphatic rings. The molecule has 0 atom stereocenters. The van der Waals surface area contributed by atoms with Crippen LogP contribution in [0.1, 0.15) is 6.42 Å². The van der Waals surface area contributed by atoms with Crippen molar-refractivity contribution in [2.45, 2.75) is 6.42 Å². The molecule has 0 radical (unpaired) electrons. The normalized spacial score (nSPS) is 19.6. The van der Waals surface area contributed by atoms with Gasteiger partial charge in [0, 0.05) is 19.5 Å². The minimum atomic E-state index is 0.644. The number of aromatic nitrogens is 2. The van der Waals surface area contributed by atoms with Crippen molar-refractivity contribution in [3.05, 3.63) is 12.3 Å². The maximum absolute atomic E-state index is 5.16. The van der Waals surface area contributed by atoms with E-state index in [1.54, 1.807) is 10.9 Å². The molecule has 13 heavy (non-hydrogen) atoms. The van der Waals surface area contributed by atoms with Crippen molar-refractivity contribution in [1.29, 1.82) is 0 Å². The Morgan fingerprint density at radius 3 is 3.23 bits per heavy atom. The number of anilines is 1. The largest absolute Gasteiger partial charge is 0.375 e. The summed E-state index contributed by atoms with van der Waals surface area (Å²) in [4.78, 5) is 0. The fourth-order valence-corrected chi connectivity index (χ4v) is 1.16. The van der Waals surface area contributed by atoms with Gasteiger partial charge in [0.2, 0.25) is 0 Å². The Balaban J connectivity index is 1.99. The number of hydrogen-bond donors (Lipinski definition) is 1. The summed E-state index contributed by atoms with van der Waals surface area (Å²) in [6.45, 7) is 1.43. The molecule has 5 heteroatoms. The van der Waals surface area contributed by atoms with Crippen LogP contribution < -0.4 is 5.43 Å². The van der Waals surface area contributed by atoms with Gasteiger partial charge in [0.05, 0.1) is 25.1 Å². The summed E-state index contributed by atoms with van der Waals surface area (Å²) in [7, 11) is 1.87. The molecule has 0 aromatic carbocycles. The summed E-state index contributed by atoms with van der Waals surface area (Å²) in [5, 5.41) is 8.22. The van der Waals surface area contributed by atoms with Crippen LogP contribution in [0.15, 0.2) is 17.4 Å². The van der Waals surface area contributed by atoms with Gasteiger partial charge in [-0.2, -0.15) is 10.2 Å². The van der Waals surface area contributed by atoms with Gasteiger partial charge in [0.1, 0.15) is 5.82 Å². The highest BCUT2D eigenvalue weighted by Crippen LogP contribution is 2.05. The number of hydrazone groups is 1. The first-order valence-electron chi connectivity index (χ1n) is 4.23. The maximum Gasteiger partial charge on any atom is 0.144 e. The highest BCUT2D eigenvalue weighted by Gasteiger charge is 2.08. The number of nitrogens with zero attached hydrogens (tertiary/aromatic N) is 3. The van der Waals surface area contributed by atoms with Gasteiger partial charge in [-0.25, -0.2) is 0 Å². The molecule has 1 aromatic heterocycles. The molecule has 0 bridgehead atoms. The lowest BCUT2D eigenvalue weighted by atomic mass is 10.3. The Bertz CT molecular complexity index is 310. The van der Waals surface area contributed by atoms with E-state index in [1.165, 1.54) is 0 Å². The summed E-state index contributed by atoms with van der Waals surface area (Å²) in [6, 6.07) is 1.87. The molecule has 2 heterocycles. The van der Waals surface area contributed by atoms with Crippen LogP contribution in [0.5, 0.6) is 0 Å². The fraction of sp³-hybridized carbons (Fsp3) is 0.500. The number of hydrogen-bond acceptors (Lipinski definition) is 4. The predicted molar refractivity (Wildman–Crippen MR) is 49.7 cm³/mol. The molecule has 1 fully saturated rings. The summed E-state index contributed by atoms with van der Waals surface area (Å²) < 4.78 is 6.90. The SMILES string of the molecule is Cn1nccc1N/N=C1\CCOC1. The molecule has 5 nitrogen and oxygen atoms in total. The molecule has 0 amide bonds. The van der Waals surface area contributed by atoms with Crippen LogP contribution in [0.2, 0.25) is 0 Å². The van der Waals surface area contributed by atoms with Crippen molar-refractivity contribution in [1.82, 2.24) is 9.78 Å². The molecule has 0 aliphatic carbocycles. The summed E-state index contributed by atoms with van der Waals surface area (Å²) in [6.07, 6.45) is 2.65. The molecule has 1 aromatic rings. The minimum absolute atomic E-state index is 0.644. The third-order valence-corrected chi connectivity index (χ3v) is 1.95. The first kappa shape index (κ1) is 8.25. The van der Waals surface area contributed by atoms with Crippen molar-refractivity contribution >= 4 is 11.5 Å². The van der Waals surface area contributed by atoms with Gasteiger partial charge in [-0.1, -0.05) is 0 Å². The standard InChI is InChI=1S/C8H12N4O/c1-12-8(2-4-9-12)11-10-7-3-5-13-6-7/h2,4,11H,3,5-6H2,1H3/b10-7+. The third-order valence-electron chi connectivity index (χ3n) is 1.95. The molecule has 0 unspecified atom stereocenters. The minimum Gasteiger partial charge on any atom is -0.375 e. The Kier molecular flexibility index (Phi) is 2.27. The molecule has 2 rings (SSSR count). The zero-order valence-corrected chi connectivity index (χ0v) is 7.53. The monoisotopic (exact) mass is 180 g/mol. The maximum atomic E-state index is 5.16. The smallest absolute Gasteiger partial charge is 0.144 e. The molecule has 1 saturated heterocycles. The van der Waals surface area contributed by atoms with E-state index in [4.69, 9.17) is 4.74 Å². The van der Waals surface area contributed by atoms with Crippen LogP contribution in [-0.4, -0.2) is 28.7 Å². The highest BCUT2D eigenvalue weighted by molar-refractivity contribution is 5.87. The van der Waals surface area contributed by atoms with Gasteiger partial charge in [-0.3, -0.25) is 10.1 Å². The van der Waals surface area contributed by atoms with Crippen molar-refractivity contribution in [2.75, 3.05) is 18.6 Å². The number of nitrogens with one attached hydrogen (secondary N) is 1. The summed E-state index contributed by atoms with van der Waals surface area (Å²) >= 11 is 0. The van der Waals surface area contributed by atoms with Crippen LogP contribution in [-0.2, 0) is 11.8 Å². The molecule has 1 N–H and O–H groups in total. The molecule has 0 saturated carbocycles. The van der Waals surface area contributed by atoms with Crippen molar-refractivity contribution in [3.63, 3.8) is 0 Å². The highest BCUT2D eigenvalue weighted by atomic mass is 16.5. The van der Waals surface area contributed by atoms with Gasteiger partial charge in [0.15, 0.2) is 0 Å². The van der Waals surface area contributed by atoms with Gasteiger partial charge < -0.3 is 4.74 Å². The Labute approximate surface area is 76.4 Å². The van der Waals surface area contributed by atoms with Crippen LogP contribution in [0, 0.1) is 0 Å². The van der Waals surface area contributed by atoms with Crippen LogP contribution >= 0.6 is 0 Å². The van der Waals surface area contributed by atoms with Gasteiger partial charge in [-0.15, -0.1) is 0 Å². The van der Waals surface area contributed by atoms with Gasteiger partial charge >= 0.3 is 0 Å². The molecule has 1 aliphatic heterocycles. The van der Waals surface area contributed by atoms with E-state index in [1.807, 2.05) is 13.1 Å². The molecule has 0 spiro atoms. The average Bonchev–Trinajstić information content (AvgIpc) is 2.72. The Hall–Kier alpha value is -1.36. The van der Waals surface area contributed by atoms with Crippen molar-refractivity contribution < 1.29 is 4.74 Å². The third kappa shape index (κ3) is 1.86. The van der Waals surface area contributed by atoms with E-state index in [0.29, 0.717) is 6.61 Å². The molecular weight excluding hydrogens is 168 g/mol. The van der Waals surface area contributed by atoms with E-state index >= 15 is 0 Å². The summed E-state index contributed by atoms with van der Waals surface area (Å²) in [5.74, 6) is 0.888. The number of aryl methyl sites for hydroxylation is 1.